The van der Waals surface area contributed by atoms with Gasteiger partial charge in [-0.15, -0.1) is 0 Å². The average molecular weight is 205 g/mol. The summed E-state index contributed by atoms with van der Waals surface area (Å²) in [7, 11) is 3.97. The number of aromatic nitrogens is 2. The van der Waals surface area contributed by atoms with E-state index in [1.54, 1.807) is 6.20 Å². The molecule has 0 saturated carbocycles. The van der Waals surface area contributed by atoms with Crippen molar-refractivity contribution in [2.75, 3.05) is 14.1 Å². The minimum absolute atomic E-state index is 0.0578. The van der Waals surface area contributed by atoms with Gasteiger partial charge >= 0.3 is 0 Å². The molecule has 0 fully saturated rings. The standard InChI is InChI=1S/C11H15N3O/c1-9(13(2)3)15-10-4-6-14-7-5-12-11(14)8-10/h4-9H,1-3H3. The van der Waals surface area contributed by atoms with Crippen molar-refractivity contribution < 1.29 is 4.74 Å². The maximum atomic E-state index is 5.73. The van der Waals surface area contributed by atoms with Crippen LogP contribution < -0.4 is 4.74 Å². The molecular formula is C11H15N3O. The minimum atomic E-state index is 0.0578. The quantitative estimate of drug-likeness (QED) is 0.713. The van der Waals surface area contributed by atoms with E-state index < -0.39 is 0 Å². The normalized spacial score (nSPS) is 13.3. The highest BCUT2D eigenvalue weighted by Crippen LogP contribution is 2.15. The molecule has 15 heavy (non-hydrogen) atoms. The van der Waals surface area contributed by atoms with Crippen LogP contribution in [0.15, 0.2) is 30.7 Å². The van der Waals surface area contributed by atoms with E-state index >= 15 is 0 Å². The zero-order valence-corrected chi connectivity index (χ0v) is 9.21. The van der Waals surface area contributed by atoms with Gasteiger partial charge in [-0.25, -0.2) is 4.98 Å². The van der Waals surface area contributed by atoms with Gasteiger partial charge in [0.1, 0.15) is 17.6 Å². The number of hydrogen-bond acceptors (Lipinski definition) is 3. The second-order valence-corrected chi connectivity index (χ2v) is 3.74. The maximum Gasteiger partial charge on any atom is 0.149 e. The molecule has 2 rings (SSSR count). The molecule has 2 aromatic heterocycles. The van der Waals surface area contributed by atoms with Crippen LogP contribution in [-0.4, -0.2) is 34.6 Å². The number of hydrogen-bond donors (Lipinski definition) is 0. The summed E-state index contributed by atoms with van der Waals surface area (Å²) < 4.78 is 7.68. The zero-order chi connectivity index (χ0) is 10.8. The van der Waals surface area contributed by atoms with Crippen LogP contribution in [0.25, 0.3) is 5.65 Å². The number of rotatable bonds is 3. The molecule has 0 spiro atoms. The van der Waals surface area contributed by atoms with Gasteiger partial charge in [0.15, 0.2) is 0 Å². The van der Waals surface area contributed by atoms with Crippen LogP contribution in [-0.2, 0) is 0 Å². The molecule has 0 aliphatic rings. The summed E-state index contributed by atoms with van der Waals surface area (Å²) in [5.74, 6) is 0.843. The molecule has 0 aromatic carbocycles. The van der Waals surface area contributed by atoms with E-state index in [2.05, 4.69) is 4.98 Å². The van der Waals surface area contributed by atoms with Crippen LogP contribution in [0.3, 0.4) is 0 Å². The molecule has 0 aliphatic carbocycles. The van der Waals surface area contributed by atoms with Crippen molar-refractivity contribution >= 4 is 5.65 Å². The third kappa shape index (κ3) is 2.10. The van der Waals surface area contributed by atoms with E-state index in [0.29, 0.717) is 0 Å². The SMILES string of the molecule is CC(Oc1ccn2ccnc2c1)N(C)C. The van der Waals surface area contributed by atoms with Crippen LogP contribution in [0.1, 0.15) is 6.92 Å². The number of nitrogens with zero attached hydrogens (tertiary/aromatic N) is 3. The van der Waals surface area contributed by atoms with Gasteiger partial charge in [-0.05, 0) is 27.1 Å². The fourth-order valence-corrected chi connectivity index (χ4v) is 1.27. The topological polar surface area (TPSA) is 29.8 Å². The molecule has 0 bridgehead atoms. The van der Waals surface area contributed by atoms with Crippen LogP contribution in [0.2, 0.25) is 0 Å². The third-order valence-electron chi connectivity index (χ3n) is 2.40. The lowest BCUT2D eigenvalue weighted by Crippen LogP contribution is -2.30. The first-order valence-electron chi connectivity index (χ1n) is 4.92. The smallest absolute Gasteiger partial charge is 0.149 e. The predicted molar refractivity (Wildman–Crippen MR) is 59.0 cm³/mol. The molecule has 0 aliphatic heterocycles. The Labute approximate surface area is 89.1 Å². The summed E-state index contributed by atoms with van der Waals surface area (Å²) in [5, 5.41) is 0. The number of pyridine rings is 1. The minimum Gasteiger partial charge on any atom is -0.475 e. The Kier molecular flexibility index (Phi) is 2.60. The van der Waals surface area contributed by atoms with Gasteiger partial charge in [0.05, 0.1) is 0 Å². The molecule has 0 radical (unpaired) electrons. The molecular weight excluding hydrogens is 190 g/mol. The van der Waals surface area contributed by atoms with Gasteiger partial charge in [-0.1, -0.05) is 0 Å². The summed E-state index contributed by atoms with van der Waals surface area (Å²) in [6, 6.07) is 3.87. The zero-order valence-electron chi connectivity index (χ0n) is 9.21. The average Bonchev–Trinajstić information content (AvgIpc) is 2.64. The van der Waals surface area contributed by atoms with E-state index in [9.17, 15) is 0 Å². The van der Waals surface area contributed by atoms with Crippen molar-refractivity contribution in [2.45, 2.75) is 13.2 Å². The second-order valence-electron chi connectivity index (χ2n) is 3.74. The lowest BCUT2D eigenvalue weighted by Gasteiger charge is -2.21. The summed E-state index contributed by atoms with van der Waals surface area (Å²) >= 11 is 0. The van der Waals surface area contributed by atoms with Gasteiger partial charge in [-0.3, -0.25) is 4.90 Å². The van der Waals surface area contributed by atoms with Gasteiger partial charge in [0, 0.05) is 24.7 Å². The van der Waals surface area contributed by atoms with Gasteiger partial charge in [0.2, 0.25) is 0 Å². The second kappa shape index (κ2) is 3.90. The Morgan fingerprint density at radius 2 is 2.20 bits per heavy atom. The molecule has 0 amide bonds. The van der Waals surface area contributed by atoms with Gasteiger partial charge in [0.25, 0.3) is 0 Å². The van der Waals surface area contributed by atoms with Crippen molar-refractivity contribution in [1.82, 2.24) is 14.3 Å². The van der Waals surface area contributed by atoms with E-state index in [-0.39, 0.29) is 6.23 Å². The van der Waals surface area contributed by atoms with E-state index in [0.717, 1.165) is 11.4 Å². The lowest BCUT2D eigenvalue weighted by molar-refractivity contribution is 0.0815. The van der Waals surface area contributed by atoms with Crippen molar-refractivity contribution in [2.24, 2.45) is 0 Å². The molecule has 0 N–H and O–H groups in total. The van der Waals surface area contributed by atoms with Gasteiger partial charge < -0.3 is 9.14 Å². The van der Waals surface area contributed by atoms with Crippen molar-refractivity contribution in [3.8, 4) is 5.75 Å². The maximum absolute atomic E-state index is 5.73. The van der Waals surface area contributed by atoms with E-state index in [1.165, 1.54) is 0 Å². The molecule has 1 atom stereocenters. The van der Waals surface area contributed by atoms with Crippen LogP contribution in [0.4, 0.5) is 0 Å². The molecule has 2 heterocycles. The predicted octanol–water partition coefficient (Wildman–Crippen LogP) is 1.62. The number of ether oxygens (including phenoxy) is 1. The third-order valence-corrected chi connectivity index (χ3v) is 2.40. The summed E-state index contributed by atoms with van der Waals surface area (Å²) in [6.45, 7) is 2.01. The molecule has 4 heteroatoms. The molecule has 2 aromatic rings. The highest BCUT2D eigenvalue weighted by Gasteiger charge is 2.06. The Hall–Kier alpha value is -1.55. The Morgan fingerprint density at radius 3 is 2.93 bits per heavy atom. The highest BCUT2D eigenvalue weighted by atomic mass is 16.5. The molecule has 80 valence electrons. The fraction of sp³-hybridized carbons (Fsp3) is 0.364. The first kappa shape index (κ1) is 9.98. The monoisotopic (exact) mass is 205 g/mol. The van der Waals surface area contributed by atoms with E-state index in [4.69, 9.17) is 4.74 Å². The molecule has 4 nitrogen and oxygen atoms in total. The van der Waals surface area contributed by atoms with Crippen LogP contribution >= 0.6 is 0 Å². The molecule has 1 unspecified atom stereocenters. The molecule has 0 saturated heterocycles. The lowest BCUT2D eigenvalue weighted by atomic mass is 10.4. The summed E-state index contributed by atoms with van der Waals surface area (Å²) in [4.78, 5) is 6.21. The Bertz CT molecular complexity index is 450. The van der Waals surface area contributed by atoms with Crippen molar-refractivity contribution in [3.05, 3.63) is 30.7 Å². The van der Waals surface area contributed by atoms with Gasteiger partial charge in [-0.2, -0.15) is 0 Å². The van der Waals surface area contributed by atoms with Crippen molar-refractivity contribution in [1.29, 1.82) is 0 Å². The number of fused-ring (bicyclic) bond motifs is 1. The van der Waals surface area contributed by atoms with Crippen molar-refractivity contribution in [3.63, 3.8) is 0 Å². The Morgan fingerprint density at radius 1 is 1.40 bits per heavy atom. The summed E-state index contributed by atoms with van der Waals surface area (Å²) in [5.41, 5.74) is 0.901. The fourth-order valence-electron chi connectivity index (χ4n) is 1.27. The first-order valence-corrected chi connectivity index (χ1v) is 4.92. The van der Waals surface area contributed by atoms with Crippen LogP contribution in [0, 0.1) is 0 Å². The summed E-state index contributed by atoms with van der Waals surface area (Å²) in [6.07, 6.45) is 5.69. The first-order chi connectivity index (χ1) is 7.16. The Balaban J connectivity index is 2.21. The largest absolute Gasteiger partial charge is 0.475 e. The van der Waals surface area contributed by atoms with E-state index in [1.807, 2.05) is 54.8 Å². The van der Waals surface area contributed by atoms with Crippen LogP contribution in [0.5, 0.6) is 5.75 Å². The number of imidazole rings is 1. The highest BCUT2D eigenvalue weighted by molar-refractivity contribution is 5.44.